The summed E-state index contributed by atoms with van der Waals surface area (Å²) in [6, 6.07) is 10.2. The molecule has 0 radical (unpaired) electrons. The van der Waals surface area contributed by atoms with Gasteiger partial charge in [0.15, 0.2) is 5.76 Å². The largest absolute Gasteiger partial charge is 0.451 e. The van der Waals surface area contributed by atoms with Gasteiger partial charge in [0.2, 0.25) is 0 Å². The second-order valence-corrected chi connectivity index (χ2v) is 7.30. The van der Waals surface area contributed by atoms with Crippen LogP contribution in [0.4, 0.5) is 0 Å². The molecular weight excluding hydrogens is 338 g/mol. The van der Waals surface area contributed by atoms with Crippen LogP contribution >= 0.6 is 0 Å². The van der Waals surface area contributed by atoms with Gasteiger partial charge in [-0.1, -0.05) is 12.1 Å². The van der Waals surface area contributed by atoms with E-state index in [1.807, 2.05) is 43.3 Å². The number of rotatable bonds is 4. The summed E-state index contributed by atoms with van der Waals surface area (Å²) < 4.78 is 5.92. The monoisotopic (exact) mass is 363 g/mol. The molecule has 0 bridgehead atoms. The van der Waals surface area contributed by atoms with Gasteiger partial charge in [0, 0.05) is 56.1 Å². The average Bonchev–Trinajstić information content (AvgIpc) is 3.02. The standard InChI is InChI=1S/C22H25N3O2/c1-16-3-4-19-17(2)21(27-20(19)15-16)22(26)25-13-11-24(12-14-25)10-7-18-5-8-23-9-6-18/h3-6,8-9,15H,7,10-14H2,1-2H3. The van der Waals surface area contributed by atoms with Crippen LogP contribution in [0.5, 0.6) is 0 Å². The number of aryl methyl sites for hydroxylation is 2. The van der Waals surface area contributed by atoms with Gasteiger partial charge in [0.25, 0.3) is 5.91 Å². The van der Waals surface area contributed by atoms with Gasteiger partial charge >= 0.3 is 0 Å². The molecule has 0 aliphatic carbocycles. The van der Waals surface area contributed by atoms with E-state index in [1.54, 1.807) is 0 Å². The van der Waals surface area contributed by atoms with Gasteiger partial charge in [0.1, 0.15) is 5.58 Å². The third-order valence-electron chi connectivity index (χ3n) is 5.41. The maximum atomic E-state index is 13.0. The molecule has 1 aromatic carbocycles. The predicted octanol–water partition coefficient (Wildman–Crippen LogP) is 3.45. The van der Waals surface area contributed by atoms with Crippen LogP contribution in [0.3, 0.4) is 0 Å². The zero-order valence-corrected chi connectivity index (χ0v) is 15.9. The summed E-state index contributed by atoms with van der Waals surface area (Å²) in [5.41, 5.74) is 4.18. The van der Waals surface area contributed by atoms with E-state index < -0.39 is 0 Å². The van der Waals surface area contributed by atoms with E-state index in [0.29, 0.717) is 5.76 Å². The molecule has 0 saturated carbocycles. The van der Waals surface area contributed by atoms with E-state index in [0.717, 1.165) is 61.2 Å². The molecule has 1 amide bonds. The minimum absolute atomic E-state index is 0.00939. The van der Waals surface area contributed by atoms with Gasteiger partial charge in [0.05, 0.1) is 0 Å². The highest BCUT2D eigenvalue weighted by Gasteiger charge is 2.26. The first kappa shape index (κ1) is 17.7. The molecule has 4 rings (SSSR count). The Labute approximate surface area is 159 Å². The zero-order valence-electron chi connectivity index (χ0n) is 15.9. The Bertz CT molecular complexity index is 941. The summed E-state index contributed by atoms with van der Waals surface area (Å²) in [4.78, 5) is 21.4. The van der Waals surface area contributed by atoms with Gasteiger partial charge in [-0.15, -0.1) is 0 Å². The van der Waals surface area contributed by atoms with E-state index in [9.17, 15) is 4.79 Å². The summed E-state index contributed by atoms with van der Waals surface area (Å²) in [5, 5.41) is 1.03. The predicted molar refractivity (Wildman–Crippen MR) is 106 cm³/mol. The Morgan fingerprint density at radius 1 is 1.07 bits per heavy atom. The number of furan rings is 1. The summed E-state index contributed by atoms with van der Waals surface area (Å²) in [6.45, 7) is 8.29. The SMILES string of the molecule is Cc1ccc2c(C)c(C(=O)N3CCN(CCc4ccncc4)CC3)oc2c1. The van der Waals surface area contributed by atoms with Crippen LogP contribution in [0.1, 0.15) is 27.2 Å². The topological polar surface area (TPSA) is 49.6 Å². The Morgan fingerprint density at radius 3 is 2.56 bits per heavy atom. The Balaban J connectivity index is 1.38. The van der Waals surface area contributed by atoms with Crippen molar-refractivity contribution < 1.29 is 9.21 Å². The van der Waals surface area contributed by atoms with Gasteiger partial charge in [-0.3, -0.25) is 14.7 Å². The second kappa shape index (κ2) is 7.53. The Kier molecular flexibility index (Phi) is 4.94. The van der Waals surface area contributed by atoms with E-state index in [4.69, 9.17) is 4.42 Å². The Hall–Kier alpha value is -2.66. The number of aromatic nitrogens is 1. The normalized spacial score (nSPS) is 15.4. The highest BCUT2D eigenvalue weighted by Crippen LogP contribution is 2.27. The van der Waals surface area contributed by atoms with Crippen LogP contribution in [0, 0.1) is 13.8 Å². The number of hydrogen-bond donors (Lipinski definition) is 0. The van der Waals surface area contributed by atoms with Crippen molar-refractivity contribution in [3.63, 3.8) is 0 Å². The number of fused-ring (bicyclic) bond motifs is 1. The number of nitrogens with zero attached hydrogens (tertiary/aromatic N) is 3. The van der Waals surface area contributed by atoms with Crippen LogP contribution in [0.25, 0.3) is 11.0 Å². The molecule has 2 aromatic heterocycles. The van der Waals surface area contributed by atoms with Crippen molar-refractivity contribution in [2.24, 2.45) is 0 Å². The highest BCUT2D eigenvalue weighted by molar-refractivity contribution is 5.99. The molecule has 3 heterocycles. The molecule has 0 unspecified atom stereocenters. The number of carbonyl (C=O) groups excluding carboxylic acids is 1. The first-order chi connectivity index (χ1) is 13.1. The summed E-state index contributed by atoms with van der Waals surface area (Å²) in [6.07, 6.45) is 4.69. The van der Waals surface area contributed by atoms with Crippen molar-refractivity contribution >= 4 is 16.9 Å². The van der Waals surface area contributed by atoms with E-state index >= 15 is 0 Å². The van der Waals surface area contributed by atoms with Crippen molar-refractivity contribution in [3.8, 4) is 0 Å². The number of carbonyl (C=O) groups is 1. The summed E-state index contributed by atoms with van der Waals surface area (Å²) >= 11 is 0. The van der Waals surface area contributed by atoms with Crippen LogP contribution in [0.2, 0.25) is 0 Å². The van der Waals surface area contributed by atoms with Crippen molar-refractivity contribution in [1.82, 2.24) is 14.8 Å². The first-order valence-corrected chi connectivity index (χ1v) is 9.52. The van der Waals surface area contributed by atoms with Crippen molar-refractivity contribution in [1.29, 1.82) is 0 Å². The van der Waals surface area contributed by atoms with Crippen molar-refractivity contribution in [3.05, 3.63) is 65.2 Å². The lowest BCUT2D eigenvalue weighted by Gasteiger charge is -2.34. The van der Waals surface area contributed by atoms with Crippen LogP contribution in [-0.4, -0.2) is 53.4 Å². The molecule has 0 N–H and O–H groups in total. The molecule has 5 heteroatoms. The third-order valence-corrected chi connectivity index (χ3v) is 5.41. The molecule has 3 aromatic rings. The Morgan fingerprint density at radius 2 is 1.81 bits per heavy atom. The van der Waals surface area contributed by atoms with Crippen LogP contribution in [-0.2, 0) is 6.42 Å². The minimum Gasteiger partial charge on any atom is -0.451 e. The van der Waals surface area contributed by atoms with E-state index in [2.05, 4.69) is 28.1 Å². The number of pyridine rings is 1. The number of benzene rings is 1. The lowest BCUT2D eigenvalue weighted by molar-refractivity contribution is 0.0609. The molecule has 1 fully saturated rings. The zero-order chi connectivity index (χ0) is 18.8. The maximum absolute atomic E-state index is 13.0. The summed E-state index contributed by atoms with van der Waals surface area (Å²) in [7, 11) is 0. The molecule has 1 aliphatic rings. The first-order valence-electron chi connectivity index (χ1n) is 9.52. The number of piperazine rings is 1. The fourth-order valence-electron chi connectivity index (χ4n) is 3.69. The quantitative estimate of drug-likeness (QED) is 0.712. The molecule has 27 heavy (non-hydrogen) atoms. The van der Waals surface area contributed by atoms with Crippen LogP contribution < -0.4 is 0 Å². The van der Waals surface area contributed by atoms with Gasteiger partial charge in [-0.05, 0) is 49.6 Å². The number of amides is 1. The maximum Gasteiger partial charge on any atom is 0.289 e. The summed E-state index contributed by atoms with van der Waals surface area (Å²) in [5.74, 6) is 0.496. The smallest absolute Gasteiger partial charge is 0.289 e. The molecule has 1 saturated heterocycles. The van der Waals surface area contributed by atoms with Crippen LogP contribution in [0.15, 0.2) is 47.1 Å². The molecule has 140 valence electrons. The lowest BCUT2D eigenvalue weighted by atomic mass is 10.1. The third kappa shape index (κ3) is 3.74. The van der Waals surface area contributed by atoms with Gasteiger partial charge in [-0.25, -0.2) is 0 Å². The average molecular weight is 363 g/mol. The fourth-order valence-corrected chi connectivity index (χ4v) is 3.69. The molecule has 0 spiro atoms. The van der Waals surface area contributed by atoms with E-state index in [-0.39, 0.29) is 5.91 Å². The molecular formula is C22H25N3O2. The lowest BCUT2D eigenvalue weighted by Crippen LogP contribution is -2.49. The fraction of sp³-hybridized carbons (Fsp3) is 0.364. The molecule has 5 nitrogen and oxygen atoms in total. The minimum atomic E-state index is 0.00939. The van der Waals surface area contributed by atoms with Gasteiger partial charge in [-0.2, -0.15) is 0 Å². The van der Waals surface area contributed by atoms with Crippen molar-refractivity contribution in [2.75, 3.05) is 32.7 Å². The highest BCUT2D eigenvalue weighted by atomic mass is 16.3. The van der Waals surface area contributed by atoms with Gasteiger partial charge < -0.3 is 9.32 Å². The molecule has 1 aliphatic heterocycles. The van der Waals surface area contributed by atoms with Crippen molar-refractivity contribution in [2.45, 2.75) is 20.3 Å². The van der Waals surface area contributed by atoms with E-state index in [1.165, 1.54) is 5.56 Å². The second-order valence-electron chi connectivity index (χ2n) is 7.30. The molecule has 0 atom stereocenters. The number of hydrogen-bond acceptors (Lipinski definition) is 4.